The second kappa shape index (κ2) is 6.58. The van der Waals surface area contributed by atoms with Crippen LogP contribution in [0.15, 0.2) is 23.1 Å². The Kier molecular flexibility index (Phi) is 5.37. The molecule has 0 aliphatic carbocycles. The van der Waals surface area contributed by atoms with Crippen molar-refractivity contribution in [3.05, 3.63) is 34.1 Å². The number of nitrogens with one attached hydrogen (secondary N) is 1. The Balaban J connectivity index is 2.84. The molecule has 0 aliphatic rings. The second-order valence-electron chi connectivity index (χ2n) is 3.98. The molecule has 0 fully saturated rings. The maximum absolute atomic E-state index is 13.3. The molecular weight excluding hydrogens is 275 g/mol. The lowest BCUT2D eigenvalue weighted by molar-refractivity contribution is -0.387. The lowest BCUT2D eigenvalue weighted by Gasteiger charge is -2.06. The number of hydrogen-bond acceptors (Lipinski definition) is 4. The van der Waals surface area contributed by atoms with Gasteiger partial charge in [-0.1, -0.05) is 19.8 Å². The molecule has 1 aromatic carbocycles. The highest BCUT2D eigenvalue weighted by Gasteiger charge is 2.20. The SMILES string of the molecule is CCCCCNS(=O)(=O)c1ccc([N+](=O)[O-])c(F)c1. The van der Waals surface area contributed by atoms with E-state index < -0.39 is 26.5 Å². The highest BCUT2D eigenvalue weighted by Crippen LogP contribution is 2.20. The van der Waals surface area contributed by atoms with Crippen molar-refractivity contribution in [1.82, 2.24) is 4.72 Å². The molecule has 0 saturated carbocycles. The molecule has 0 aromatic heterocycles. The van der Waals surface area contributed by atoms with Crippen molar-refractivity contribution in [3.63, 3.8) is 0 Å². The van der Waals surface area contributed by atoms with Crippen LogP contribution in [0.25, 0.3) is 0 Å². The number of rotatable bonds is 7. The molecular formula is C11H15FN2O4S. The first-order valence-corrected chi connectivity index (χ1v) is 7.30. The molecule has 1 N–H and O–H groups in total. The largest absolute Gasteiger partial charge is 0.304 e. The van der Waals surface area contributed by atoms with Crippen molar-refractivity contribution in [1.29, 1.82) is 0 Å². The quantitative estimate of drug-likeness (QED) is 0.473. The number of nitro benzene ring substituents is 1. The van der Waals surface area contributed by atoms with Crippen LogP contribution in [0.2, 0.25) is 0 Å². The molecule has 1 rings (SSSR count). The van der Waals surface area contributed by atoms with E-state index >= 15 is 0 Å². The Labute approximate surface area is 110 Å². The summed E-state index contributed by atoms with van der Waals surface area (Å²) >= 11 is 0. The van der Waals surface area contributed by atoms with Crippen LogP contribution in [0.3, 0.4) is 0 Å². The average Bonchev–Trinajstić information content (AvgIpc) is 2.34. The van der Waals surface area contributed by atoms with Gasteiger partial charge in [-0.05, 0) is 12.5 Å². The topological polar surface area (TPSA) is 89.3 Å². The molecule has 0 radical (unpaired) electrons. The zero-order valence-corrected chi connectivity index (χ0v) is 11.2. The Morgan fingerprint density at radius 3 is 2.58 bits per heavy atom. The summed E-state index contributed by atoms with van der Waals surface area (Å²) in [7, 11) is -3.82. The summed E-state index contributed by atoms with van der Waals surface area (Å²) in [6.07, 6.45) is 2.52. The van der Waals surface area contributed by atoms with Gasteiger partial charge in [0.2, 0.25) is 15.8 Å². The van der Waals surface area contributed by atoms with E-state index in [4.69, 9.17) is 0 Å². The highest BCUT2D eigenvalue weighted by molar-refractivity contribution is 7.89. The van der Waals surface area contributed by atoms with Gasteiger partial charge in [0, 0.05) is 18.7 Å². The molecule has 106 valence electrons. The van der Waals surface area contributed by atoms with Crippen LogP contribution < -0.4 is 4.72 Å². The van der Waals surface area contributed by atoms with Gasteiger partial charge in [-0.2, -0.15) is 4.39 Å². The number of benzene rings is 1. The van der Waals surface area contributed by atoms with Crippen LogP contribution in [-0.2, 0) is 10.0 Å². The van der Waals surface area contributed by atoms with Crippen molar-refractivity contribution < 1.29 is 17.7 Å². The summed E-state index contributed by atoms with van der Waals surface area (Å²) in [5.74, 6) is -1.17. The summed E-state index contributed by atoms with van der Waals surface area (Å²) in [5.41, 5.74) is -0.745. The van der Waals surface area contributed by atoms with E-state index in [0.29, 0.717) is 12.5 Å². The molecule has 0 heterocycles. The zero-order chi connectivity index (χ0) is 14.5. The summed E-state index contributed by atoms with van der Waals surface area (Å²) in [5, 5.41) is 10.4. The van der Waals surface area contributed by atoms with E-state index in [-0.39, 0.29) is 11.4 Å². The fraction of sp³-hybridized carbons (Fsp3) is 0.455. The first kappa shape index (κ1) is 15.5. The van der Waals surface area contributed by atoms with Crippen molar-refractivity contribution in [2.75, 3.05) is 6.54 Å². The molecule has 6 nitrogen and oxygen atoms in total. The minimum Gasteiger partial charge on any atom is -0.258 e. The van der Waals surface area contributed by atoms with Gasteiger partial charge in [0.25, 0.3) is 0 Å². The fourth-order valence-electron chi connectivity index (χ4n) is 1.47. The molecule has 0 atom stereocenters. The van der Waals surface area contributed by atoms with Gasteiger partial charge in [-0.25, -0.2) is 13.1 Å². The van der Waals surface area contributed by atoms with Gasteiger partial charge in [-0.15, -0.1) is 0 Å². The lowest BCUT2D eigenvalue weighted by Crippen LogP contribution is -2.24. The predicted molar refractivity (Wildman–Crippen MR) is 67.8 cm³/mol. The normalized spacial score (nSPS) is 11.5. The summed E-state index contributed by atoms with van der Waals surface area (Å²) in [6.45, 7) is 2.25. The molecule has 0 aliphatic heterocycles. The standard InChI is InChI=1S/C11H15FN2O4S/c1-2-3-4-7-13-19(17,18)9-5-6-11(14(15)16)10(12)8-9/h5-6,8,13H,2-4,7H2,1H3. The maximum atomic E-state index is 13.3. The van der Waals surface area contributed by atoms with Crippen LogP contribution in [0.1, 0.15) is 26.2 Å². The van der Waals surface area contributed by atoms with Gasteiger partial charge in [0.1, 0.15) is 0 Å². The minimum absolute atomic E-state index is 0.259. The third-order valence-electron chi connectivity index (χ3n) is 2.50. The van der Waals surface area contributed by atoms with E-state index in [1.165, 1.54) is 0 Å². The van der Waals surface area contributed by atoms with Crippen LogP contribution >= 0.6 is 0 Å². The number of unbranched alkanes of at least 4 members (excludes halogenated alkanes) is 2. The maximum Gasteiger partial charge on any atom is 0.304 e. The number of nitro groups is 1. The van der Waals surface area contributed by atoms with Crippen molar-refractivity contribution in [3.8, 4) is 0 Å². The molecule has 8 heteroatoms. The zero-order valence-electron chi connectivity index (χ0n) is 10.4. The van der Waals surface area contributed by atoms with E-state index in [2.05, 4.69) is 4.72 Å². The van der Waals surface area contributed by atoms with Crippen LogP contribution in [0, 0.1) is 15.9 Å². The van der Waals surface area contributed by atoms with Gasteiger partial charge in [0.15, 0.2) is 0 Å². The predicted octanol–water partition coefficient (Wildman–Crippen LogP) is 2.20. The molecule has 0 spiro atoms. The van der Waals surface area contributed by atoms with Crippen molar-refractivity contribution >= 4 is 15.7 Å². The smallest absolute Gasteiger partial charge is 0.258 e. The summed E-state index contributed by atoms with van der Waals surface area (Å²) in [4.78, 5) is 9.21. The van der Waals surface area contributed by atoms with Crippen LogP contribution in [0.5, 0.6) is 0 Å². The van der Waals surface area contributed by atoms with Crippen LogP contribution in [0.4, 0.5) is 10.1 Å². The van der Waals surface area contributed by atoms with Gasteiger partial charge in [-0.3, -0.25) is 10.1 Å². The first-order chi connectivity index (χ1) is 8.88. The van der Waals surface area contributed by atoms with Gasteiger partial charge in [0.05, 0.1) is 9.82 Å². The van der Waals surface area contributed by atoms with E-state index in [1.807, 2.05) is 6.92 Å². The Bertz CT molecular complexity index is 560. The average molecular weight is 290 g/mol. The monoisotopic (exact) mass is 290 g/mol. The highest BCUT2D eigenvalue weighted by atomic mass is 32.2. The number of halogens is 1. The lowest BCUT2D eigenvalue weighted by atomic mass is 10.3. The molecule has 0 bridgehead atoms. The molecule has 0 amide bonds. The Morgan fingerprint density at radius 1 is 1.37 bits per heavy atom. The fourth-order valence-corrected chi connectivity index (χ4v) is 2.55. The second-order valence-corrected chi connectivity index (χ2v) is 5.74. The van der Waals surface area contributed by atoms with Crippen molar-refractivity contribution in [2.45, 2.75) is 31.1 Å². The number of hydrogen-bond donors (Lipinski definition) is 1. The van der Waals surface area contributed by atoms with Crippen LogP contribution in [-0.4, -0.2) is 19.9 Å². The Morgan fingerprint density at radius 2 is 2.05 bits per heavy atom. The first-order valence-electron chi connectivity index (χ1n) is 5.82. The minimum atomic E-state index is -3.82. The van der Waals surface area contributed by atoms with Crippen molar-refractivity contribution in [2.24, 2.45) is 0 Å². The molecule has 1 aromatic rings. The van der Waals surface area contributed by atoms with Gasteiger partial charge < -0.3 is 0 Å². The third-order valence-corrected chi connectivity index (χ3v) is 3.96. The molecule has 19 heavy (non-hydrogen) atoms. The van der Waals surface area contributed by atoms with E-state index in [0.717, 1.165) is 25.0 Å². The molecule has 0 unspecified atom stereocenters. The van der Waals surface area contributed by atoms with Gasteiger partial charge >= 0.3 is 5.69 Å². The summed E-state index contributed by atoms with van der Waals surface area (Å²) in [6, 6.07) is 2.51. The number of sulfonamides is 1. The third kappa shape index (κ3) is 4.25. The van der Waals surface area contributed by atoms with E-state index in [9.17, 15) is 22.9 Å². The van der Waals surface area contributed by atoms with E-state index in [1.54, 1.807) is 0 Å². The Hall–Kier alpha value is -1.54. The molecule has 0 saturated heterocycles. The summed E-state index contributed by atoms with van der Waals surface area (Å²) < 4.78 is 39.2. The number of nitrogens with zero attached hydrogens (tertiary/aromatic N) is 1.